The first-order chi connectivity index (χ1) is 11.8. The molecule has 4 aliphatic carbocycles. The molecule has 3 saturated carbocycles. The number of hydrogen-bond donors (Lipinski definition) is 3. The molecule has 0 radical (unpaired) electrons. The molecule has 0 amide bonds. The van der Waals surface area contributed by atoms with Crippen LogP contribution >= 0.6 is 0 Å². The van der Waals surface area contributed by atoms with Gasteiger partial charge in [-0.25, -0.2) is 0 Å². The molecule has 0 heterocycles. The number of Topliss-reactive ketones (excluding diaryl/α,β-unsaturated/α-hetero) is 1. The minimum atomic E-state index is -1.17. The molecule has 0 aromatic carbocycles. The molecule has 25 heavy (non-hydrogen) atoms. The number of carbonyl (C=O) groups is 1. The zero-order chi connectivity index (χ0) is 18.0. The van der Waals surface area contributed by atoms with E-state index in [4.69, 9.17) is 0 Å². The number of aliphatic hydroxyl groups is 3. The number of allylic oxidation sites excluding steroid dienone is 4. The van der Waals surface area contributed by atoms with Gasteiger partial charge in [-0.05, 0) is 43.4 Å². The number of fused-ring (bicyclic) bond motifs is 5. The van der Waals surface area contributed by atoms with Crippen LogP contribution < -0.4 is 0 Å². The summed E-state index contributed by atoms with van der Waals surface area (Å²) in [6, 6.07) is 0. The second kappa shape index (κ2) is 5.77. The lowest BCUT2D eigenvalue weighted by Crippen LogP contribution is -2.60. The minimum Gasteiger partial charge on any atom is -0.393 e. The average Bonchev–Trinajstić information content (AvgIpc) is 2.83. The van der Waals surface area contributed by atoms with Crippen molar-refractivity contribution in [1.82, 2.24) is 0 Å². The first kappa shape index (κ1) is 17.4. The summed E-state index contributed by atoms with van der Waals surface area (Å²) in [6.45, 7) is 3.71. The number of carbonyl (C=O) groups excluding carboxylic acids is 1. The molecule has 0 saturated heterocycles. The lowest BCUT2D eigenvalue weighted by atomic mass is 9.49. The van der Waals surface area contributed by atoms with Crippen LogP contribution in [0, 0.1) is 35.0 Å². The predicted molar refractivity (Wildman–Crippen MR) is 94.6 cm³/mol. The monoisotopic (exact) mass is 346 g/mol. The van der Waals surface area contributed by atoms with Crippen LogP contribution in [0.2, 0.25) is 0 Å². The van der Waals surface area contributed by atoms with E-state index < -0.39 is 24.2 Å². The molecule has 4 heteroatoms. The second-order valence-corrected chi connectivity index (χ2v) is 9.06. The molecule has 4 aliphatic rings. The van der Waals surface area contributed by atoms with Gasteiger partial charge in [0.1, 0.15) is 6.61 Å². The van der Waals surface area contributed by atoms with Crippen LogP contribution in [-0.2, 0) is 4.79 Å². The fourth-order valence-electron chi connectivity index (χ4n) is 7.07. The summed E-state index contributed by atoms with van der Waals surface area (Å²) in [7, 11) is 0. The molecule has 0 aliphatic heterocycles. The molecule has 0 bridgehead atoms. The summed E-state index contributed by atoms with van der Waals surface area (Å²) in [5, 5.41) is 32.0. The van der Waals surface area contributed by atoms with Gasteiger partial charge >= 0.3 is 0 Å². The highest BCUT2D eigenvalue weighted by molar-refractivity contribution is 5.84. The van der Waals surface area contributed by atoms with Crippen molar-refractivity contribution in [3.8, 4) is 0 Å². The molecule has 4 rings (SSSR count). The molecular weight excluding hydrogens is 316 g/mol. The summed E-state index contributed by atoms with van der Waals surface area (Å²) in [5.74, 6) is -0.424. The Bertz CT molecular complexity index is 638. The van der Waals surface area contributed by atoms with E-state index in [2.05, 4.69) is 25.2 Å². The van der Waals surface area contributed by atoms with Crippen LogP contribution in [-0.4, -0.2) is 39.4 Å². The van der Waals surface area contributed by atoms with Crippen LogP contribution in [0.4, 0.5) is 0 Å². The van der Waals surface area contributed by atoms with E-state index in [9.17, 15) is 20.1 Å². The fraction of sp³-hybridized carbons (Fsp3) is 0.762. The Labute approximate surface area is 149 Å². The van der Waals surface area contributed by atoms with Crippen molar-refractivity contribution in [1.29, 1.82) is 0 Å². The predicted octanol–water partition coefficient (Wildman–Crippen LogP) is 2.23. The van der Waals surface area contributed by atoms with Crippen LogP contribution in [0.3, 0.4) is 0 Å². The SMILES string of the molecule is C[C@@H]1CC2C3CCC4=CCC=CC4(C)C3C(O)CC2(O)C1C(=O)CO. The molecular formula is C21H30O4. The highest BCUT2D eigenvalue weighted by atomic mass is 16.3. The standard InChI is InChI=1S/C21H30O4/c1-12-9-15-14-7-6-13-5-3-4-8-20(13,2)19(14)16(23)10-21(15,25)18(12)17(24)11-22/h4-5,8,12,14-16,18-19,22-23,25H,3,6-7,9-11H2,1-2H3/t12-,14?,15?,16?,18?,19?,20?,21?/m1/s1. The van der Waals surface area contributed by atoms with Crippen LogP contribution in [0.15, 0.2) is 23.8 Å². The van der Waals surface area contributed by atoms with Crippen molar-refractivity contribution in [2.75, 3.05) is 6.61 Å². The van der Waals surface area contributed by atoms with E-state index >= 15 is 0 Å². The maximum absolute atomic E-state index is 12.3. The van der Waals surface area contributed by atoms with Crippen molar-refractivity contribution in [3.05, 3.63) is 23.8 Å². The zero-order valence-corrected chi connectivity index (χ0v) is 15.2. The third-order valence-electron chi connectivity index (χ3n) is 7.90. The van der Waals surface area contributed by atoms with Gasteiger partial charge in [-0.2, -0.15) is 0 Å². The largest absolute Gasteiger partial charge is 0.393 e. The Balaban J connectivity index is 1.73. The first-order valence-corrected chi connectivity index (χ1v) is 9.74. The molecule has 7 unspecified atom stereocenters. The lowest BCUT2D eigenvalue weighted by Gasteiger charge is -2.58. The van der Waals surface area contributed by atoms with E-state index in [-0.39, 0.29) is 41.3 Å². The molecule has 0 spiro atoms. The van der Waals surface area contributed by atoms with Crippen molar-refractivity contribution in [3.63, 3.8) is 0 Å². The number of rotatable bonds is 2. The molecule has 8 atom stereocenters. The number of hydrogen-bond acceptors (Lipinski definition) is 4. The van der Waals surface area contributed by atoms with Gasteiger partial charge < -0.3 is 15.3 Å². The van der Waals surface area contributed by atoms with Crippen LogP contribution in [0.25, 0.3) is 0 Å². The first-order valence-electron chi connectivity index (χ1n) is 9.74. The van der Waals surface area contributed by atoms with Gasteiger partial charge in [-0.3, -0.25) is 4.79 Å². The highest BCUT2D eigenvalue weighted by Gasteiger charge is 2.65. The fourth-order valence-corrected chi connectivity index (χ4v) is 7.07. The third-order valence-corrected chi connectivity index (χ3v) is 7.90. The Kier molecular flexibility index (Phi) is 4.02. The van der Waals surface area contributed by atoms with Crippen molar-refractivity contribution in [2.45, 2.75) is 57.7 Å². The van der Waals surface area contributed by atoms with E-state index in [0.717, 1.165) is 25.7 Å². The quantitative estimate of drug-likeness (QED) is 0.670. The molecule has 138 valence electrons. The van der Waals surface area contributed by atoms with Crippen molar-refractivity contribution in [2.24, 2.45) is 35.0 Å². The van der Waals surface area contributed by atoms with Gasteiger partial charge in [0, 0.05) is 17.8 Å². The zero-order valence-electron chi connectivity index (χ0n) is 15.2. The number of aliphatic hydroxyl groups excluding tert-OH is 2. The Hall–Kier alpha value is -0.970. The topological polar surface area (TPSA) is 77.8 Å². The van der Waals surface area contributed by atoms with Gasteiger partial charge in [0.25, 0.3) is 0 Å². The maximum Gasteiger partial charge on any atom is 0.164 e. The van der Waals surface area contributed by atoms with E-state index in [0.29, 0.717) is 0 Å². The molecule has 0 aromatic heterocycles. The smallest absolute Gasteiger partial charge is 0.164 e. The highest BCUT2D eigenvalue weighted by Crippen LogP contribution is 2.63. The van der Waals surface area contributed by atoms with Gasteiger partial charge in [0.2, 0.25) is 0 Å². The summed E-state index contributed by atoms with van der Waals surface area (Å²) >= 11 is 0. The molecule has 3 N–H and O–H groups in total. The average molecular weight is 346 g/mol. The normalized spacial score (nSPS) is 51.3. The summed E-state index contributed by atoms with van der Waals surface area (Å²) in [5.41, 5.74) is 0.120. The van der Waals surface area contributed by atoms with Gasteiger partial charge in [0.05, 0.1) is 17.6 Å². The second-order valence-electron chi connectivity index (χ2n) is 9.06. The summed E-state index contributed by atoms with van der Waals surface area (Å²) in [6.07, 6.45) is 10.1. The lowest BCUT2D eigenvalue weighted by molar-refractivity contribution is -0.174. The minimum absolute atomic E-state index is 0.0325. The van der Waals surface area contributed by atoms with E-state index in [1.165, 1.54) is 5.57 Å². The van der Waals surface area contributed by atoms with Crippen LogP contribution in [0.5, 0.6) is 0 Å². The van der Waals surface area contributed by atoms with E-state index in [1.807, 2.05) is 6.92 Å². The van der Waals surface area contributed by atoms with Crippen molar-refractivity contribution >= 4 is 5.78 Å². The Morgan fingerprint density at radius 1 is 1.40 bits per heavy atom. The number of ketones is 1. The van der Waals surface area contributed by atoms with Gasteiger partial charge in [-0.1, -0.05) is 37.6 Å². The molecule has 3 fully saturated rings. The summed E-state index contributed by atoms with van der Waals surface area (Å²) in [4.78, 5) is 12.3. The maximum atomic E-state index is 12.3. The van der Waals surface area contributed by atoms with Gasteiger partial charge in [-0.15, -0.1) is 0 Å². The van der Waals surface area contributed by atoms with Crippen LogP contribution in [0.1, 0.15) is 46.0 Å². The third kappa shape index (κ3) is 2.27. The van der Waals surface area contributed by atoms with Crippen molar-refractivity contribution < 1.29 is 20.1 Å². The Morgan fingerprint density at radius 3 is 2.88 bits per heavy atom. The molecule has 4 nitrogen and oxygen atoms in total. The van der Waals surface area contributed by atoms with Gasteiger partial charge in [0.15, 0.2) is 5.78 Å². The van der Waals surface area contributed by atoms with E-state index in [1.54, 1.807) is 0 Å². The Morgan fingerprint density at radius 2 is 2.16 bits per heavy atom. The molecule has 0 aromatic rings. The summed E-state index contributed by atoms with van der Waals surface area (Å²) < 4.78 is 0.